The van der Waals surface area contributed by atoms with Crippen LogP contribution in [0.15, 0.2) is 24.3 Å². The predicted octanol–water partition coefficient (Wildman–Crippen LogP) is 1.76. The maximum absolute atomic E-state index is 10.4. The minimum Gasteiger partial charge on any atom is -0.497 e. The lowest BCUT2D eigenvalue weighted by Gasteiger charge is -2.37. The van der Waals surface area contributed by atoms with Crippen molar-refractivity contribution < 1.29 is 14.9 Å². The van der Waals surface area contributed by atoms with E-state index in [0.29, 0.717) is 6.42 Å². The molecule has 0 spiro atoms. The van der Waals surface area contributed by atoms with Crippen molar-refractivity contribution in [3.05, 3.63) is 29.8 Å². The van der Waals surface area contributed by atoms with E-state index in [0.717, 1.165) is 18.8 Å². The molecule has 2 N–H and O–H groups in total. The molecule has 1 aromatic carbocycles. The standard InChI is InChI=1S/C17H25NO3/c1-21-13-7-5-12(6-8-13)14-11-15(19)17(20)16(14)18-9-3-2-4-10-18/h5-8,14-17,19-20H,2-4,9-11H2,1H3/t14-,15-,16-,17-/m1/s1. The highest BCUT2D eigenvalue weighted by Crippen LogP contribution is 2.39. The van der Waals surface area contributed by atoms with Crippen LogP contribution in [0.4, 0.5) is 0 Å². The van der Waals surface area contributed by atoms with Crippen molar-refractivity contribution in [2.75, 3.05) is 20.2 Å². The lowest BCUT2D eigenvalue weighted by molar-refractivity contribution is -0.00706. The van der Waals surface area contributed by atoms with Gasteiger partial charge in [-0.05, 0) is 50.0 Å². The SMILES string of the molecule is COc1ccc([C@H]2C[C@@H](O)[C@@H](O)[C@@H]2N2CCCCC2)cc1. The molecule has 1 aromatic rings. The highest BCUT2D eigenvalue weighted by molar-refractivity contribution is 5.32. The van der Waals surface area contributed by atoms with E-state index < -0.39 is 12.2 Å². The summed E-state index contributed by atoms with van der Waals surface area (Å²) >= 11 is 0. The summed E-state index contributed by atoms with van der Waals surface area (Å²) in [5.41, 5.74) is 1.18. The zero-order valence-electron chi connectivity index (χ0n) is 12.6. The number of aliphatic hydroxyl groups is 2. The Balaban J connectivity index is 1.83. The first kappa shape index (κ1) is 14.8. The molecule has 3 rings (SSSR count). The number of rotatable bonds is 3. The summed E-state index contributed by atoms with van der Waals surface area (Å²) in [6.07, 6.45) is 3.02. The van der Waals surface area contributed by atoms with Crippen LogP contribution in [0.3, 0.4) is 0 Å². The number of likely N-dealkylation sites (tertiary alicyclic amines) is 1. The highest BCUT2D eigenvalue weighted by atomic mass is 16.5. The Kier molecular flexibility index (Phi) is 4.48. The van der Waals surface area contributed by atoms with Crippen molar-refractivity contribution >= 4 is 0 Å². The summed E-state index contributed by atoms with van der Waals surface area (Å²) in [6.45, 7) is 2.06. The van der Waals surface area contributed by atoms with E-state index in [9.17, 15) is 10.2 Å². The molecule has 0 aromatic heterocycles. The van der Waals surface area contributed by atoms with Gasteiger partial charge >= 0.3 is 0 Å². The quantitative estimate of drug-likeness (QED) is 0.891. The third-order valence-corrected chi connectivity index (χ3v) is 5.01. The van der Waals surface area contributed by atoms with Crippen molar-refractivity contribution in [1.82, 2.24) is 4.90 Å². The summed E-state index contributed by atoms with van der Waals surface area (Å²) in [5.74, 6) is 1.03. The number of aliphatic hydroxyl groups excluding tert-OH is 2. The lowest BCUT2D eigenvalue weighted by Crippen LogP contribution is -2.47. The van der Waals surface area contributed by atoms with Gasteiger partial charge in [-0.1, -0.05) is 18.6 Å². The van der Waals surface area contributed by atoms with Gasteiger partial charge in [0.25, 0.3) is 0 Å². The normalized spacial score (nSPS) is 34.0. The van der Waals surface area contributed by atoms with E-state index in [1.165, 1.54) is 24.8 Å². The topological polar surface area (TPSA) is 52.9 Å². The summed E-state index contributed by atoms with van der Waals surface area (Å²) in [7, 11) is 1.66. The van der Waals surface area contributed by atoms with Gasteiger partial charge in [-0.2, -0.15) is 0 Å². The van der Waals surface area contributed by atoms with Crippen LogP contribution in [0.2, 0.25) is 0 Å². The van der Waals surface area contributed by atoms with Crippen molar-refractivity contribution in [2.24, 2.45) is 0 Å². The van der Waals surface area contributed by atoms with E-state index in [1.807, 2.05) is 12.1 Å². The van der Waals surface area contributed by atoms with Gasteiger partial charge in [0.15, 0.2) is 0 Å². The van der Waals surface area contributed by atoms with E-state index in [-0.39, 0.29) is 12.0 Å². The lowest BCUT2D eigenvalue weighted by atomic mass is 9.91. The first-order valence-corrected chi connectivity index (χ1v) is 7.95. The fourth-order valence-corrected chi connectivity index (χ4v) is 3.88. The fraction of sp³-hybridized carbons (Fsp3) is 0.647. The maximum atomic E-state index is 10.4. The summed E-state index contributed by atoms with van der Waals surface area (Å²) in [5, 5.41) is 20.6. The molecular formula is C17H25NO3. The molecule has 2 fully saturated rings. The number of nitrogens with zero attached hydrogens (tertiary/aromatic N) is 1. The molecule has 0 radical (unpaired) electrons. The fourth-order valence-electron chi connectivity index (χ4n) is 3.88. The van der Waals surface area contributed by atoms with Gasteiger partial charge in [-0.25, -0.2) is 0 Å². The smallest absolute Gasteiger partial charge is 0.118 e. The van der Waals surface area contributed by atoms with E-state index in [4.69, 9.17) is 4.74 Å². The maximum Gasteiger partial charge on any atom is 0.118 e. The van der Waals surface area contributed by atoms with Crippen LogP contribution < -0.4 is 4.74 Å². The van der Waals surface area contributed by atoms with Gasteiger partial charge in [0.2, 0.25) is 0 Å². The van der Waals surface area contributed by atoms with Crippen LogP contribution in [0.1, 0.15) is 37.2 Å². The van der Waals surface area contributed by atoms with Crippen LogP contribution in [0.25, 0.3) is 0 Å². The van der Waals surface area contributed by atoms with E-state index in [1.54, 1.807) is 7.11 Å². The van der Waals surface area contributed by atoms with Gasteiger partial charge in [0.05, 0.1) is 19.3 Å². The first-order chi connectivity index (χ1) is 10.2. The van der Waals surface area contributed by atoms with Crippen molar-refractivity contribution in [3.63, 3.8) is 0 Å². The molecule has 0 unspecified atom stereocenters. The van der Waals surface area contributed by atoms with Crippen LogP contribution in [0, 0.1) is 0 Å². The average molecular weight is 291 g/mol. The molecule has 116 valence electrons. The molecule has 21 heavy (non-hydrogen) atoms. The minimum atomic E-state index is -0.643. The molecule has 1 aliphatic heterocycles. The second-order valence-electron chi connectivity index (χ2n) is 6.26. The van der Waals surface area contributed by atoms with Gasteiger partial charge in [0, 0.05) is 12.0 Å². The van der Waals surface area contributed by atoms with Gasteiger partial charge in [-0.3, -0.25) is 4.90 Å². The van der Waals surface area contributed by atoms with E-state index in [2.05, 4.69) is 17.0 Å². The number of benzene rings is 1. The summed E-state index contributed by atoms with van der Waals surface area (Å²) < 4.78 is 5.21. The summed E-state index contributed by atoms with van der Waals surface area (Å²) in [4.78, 5) is 2.37. The van der Waals surface area contributed by atoms with Crippen molar-refractivity contribution in [1.29, 1.82) is 0 Å². The number of hydrogen-bond donors (Lipinski definition) is 2. The number of hydrogen-bond acceptors (Lipinski definition) is 4. The van der Waals surface area contributed by atoms with Gasteiger partial charge in [0.1, 0.15) is 5.75 Å². The molecule has 4 heteroatoms. The Morgan fingerprint density at radius 2 is 1.71 bits per heavy atom. The third-order valence-electron chi connectivity index (χ3n) is 5.01. The van der Waals surface area contributed by atoms with Crippen LogP contribution in [-0.4, -0.2) is 53.6 Å². The molecule has 1 saturated heterocycles. The monoisotopic (exact) mass is 291 g/mol. The minimum absolute atomic E-state index is 0.0358. The molecule has 0 bridgehead atoms. The second-order valence-corrected chi connectivity index (χ2v) is 6.26. The number of ether oxygens (including phenoxy) is 1. The molecule has 1 aliphatic carbocycles. The zero-order valence-corrected chi connectivity index (χ0v) is 12.6. The highest BCUT2D eigenvalue weighted by Gasteiger charge is 2.45. The first-order valence-electron chi connectivity index (χ1n) is 7.95. The Bertz CT molecular complexity index is 456. The molecule has 0 amide bonds. The number of methoxy groups -OCH3 is 1. The van der Waals surface area contributed by atoms with Crippen molar-refractivity contribution in [2.45, 2.75) is 49.9 Å². The van der Waals surface area contributed by atoms with Crippen LogP contribution in [-0.2, 0) is 0 Å². The van der Waals surface area contributed by atoms with Crippen LogP contribution in [0.5, 0.6) is 5.75 Å². The third kappa shape index (κ3) is 2.93. The molecular weight excluding hydrogens is 266 g/mol. The molecule has 1 saturated carbocycles. The zero-order chi connectivity index (χ0) is 14.8. The largest absolute Gasteiger partial charge is 0.497 e. The Morgan fingerprint density at radius 3 is 2.33 bits per heavy atom. The predicted molar refractivity (Wildman–Crippen MR) is 81.6 cm³/mol. The Labute approximate surface area is 126 Å². The summed E-state index contributed by atoms with van der Waals surface area (Å²) in [6, 6.07) is 8.07. The molecule has 4 nitrogen and oxygen atoms in total. The van der Waals surface area contributed by atoms with E-state index >= 15 is 0 Å². The van der Waals surface area contributed by atoms with Crippen LogP contribution >= 0.6 is 0 Å². The van der Waals surface area contributed by atoms with Gasteiger partial charge < -0.3 is 14.9 Å². The van der Waals surface area contributed by atoms with Gasteiger partial charge in [-0.15, -0.1) is 0 Å². The Hall–Kier alpha value is -1.10. The Morgan fingerprint density at radius 1 is 1.05 bits per heavy atom. The van der Waals surface area contributed by atoms with Crippen molar-refractivity contribution in [3.8, 4) is 5.75 Å². The second kappa shape index (κ2) is 6.34. The average Bonchev–Trinajstić information content (AvgIpc) is 2.84. The molecule has 1 heterocycles. The number of piperidine rings is 1. The molecule has 4 atom stereocenters. The molecule has 2 aliphatic rings.